The Kier molecular flexibility index (Phi) is 6.20. The minimum absolute atomic E-state index is 0.0452. The van der Waals surface area contributed by atoms with Crippen LogP contribution in [0.3, 0.4) is 0 Å². The second-order valence-electron chi connectivity index (χ2n) is 10.6. The van der Waals surface area contributed by atoms with E-state index in [1.807, 2.05) is 0 Å². The van der Waals surface area contributed by atoms with E-state index in [0.29, 0.717) is 30.8 Å². The van der Waals surface area contributed by atoms with Crippen molar-refractivity contribution in [3.8, 4) is 0 Å². The van der Waals surface area contributed by atoms with Crippen LogP contribution in [0.5, 0.6) is 0 Å². The predicted octanol–water partition coefficient (Wildman–Crippen LogP) is 2.15. The molecule has 0 atom stereocenters. The van der Waals surface area contributed by atoms with Crippen molar-refractivity contribution in [3.63, 3.8) is 0 Å². The third-order valence-corrected chi connectivity index (χ3v) is 10.0. The average Bonchev–Trinajstić information content (AvgIpc) is 3.36. The molecule has 2 amide bonds. The van der Waals surface area contributed by atoms with Gasteiger partial charge in [-0.2, -0.15) is 4.31 Å². The normalized spacial score (nSPS) is 29.7. The number of sulfonamides is 1. The highest BCUT2D eigenvalue weighted by atomic mass is 32.2. The molecule has 11 nitrogen and oxygen atoms in total. The van der Waals surface area contributed by atoms with Crippen molar-refractivity contribution < 1.29 is 22.9 Å². The number of anilines is 1. The molecule has 12 heteroatoms. The summed E-state index contributed by atoms with van der Waals surface area (Å²) in [5.41, 5.74) is 3.99. The molecule has 190 valence electrons. The van der Waals surface area contributed by atoms with E-state index in [1.165, 1.54) is 35.7 Å². The summed E-state index contributed by atoms with van der Waals surface area (Å²) in [4.78, 5) is 36.1. The van der Waals surface area contributed by atoms with Crippen molar-refractivity contribution in [1.29, 1.82) is 0 Å². The van der Waals surface area contributed by atoms with E-state index in [1.54, 1.807) is 0 Å². The molecule has 4 aliphatic carbocycles. The first-order chi connectivity index (χ1) is 16.7. The Balaban J connectivity index is 1.19. The number of hydrazine groups is 1. The van der Waals surface area contributed by atoms with Crippen LogP contribution in [0.2, 0.25) is 0 Å². The highest BCUT2D eigenvalue weighted by molar-refractivity contribution is 7.89. The molecule has 5 fully saturated rings. The number of hydrogen-bond donors (Lipinski definition) is 3. The highest BCUT2D eigenvalue weighted by Gasteiger charge is 2.54. The first-order valence-corrected chi connectivity index (χ1v) is 13.7. The first kappa shape index (κ1) is 24.0. The summed E-state index contributed by atoms with van der Waals surface area (Å²) in [6.45, 7) is 0.533. The Morgan fingerprint density at radius 1 is 1.06 bits per heavy atom. The van der Waals surface area contributed by atoms with E-state index >= 15 is 0 Å². The zero-order chi connectivity index (χ0) is 24.8. The first-order valence-electron chi connectivity index (χ1n) is 12.3. The van der Waals surface area contributed by atoms with Crippen LogP contribution in [0.4, 0.5) is 11.4 Å². The van der Waals surface area contributed by atoms with Gasteiger partial charge >= 0.3 is 0 Å². The van der Waals surface area contributed by atoms with Gasteiger partial charge in [-0.3, -0.25) is 30.6 Å². The van der Waals surface area contributed by atoms with Crippen LogP contribution in [0.1, 0.15) is 51.4 Å². The van der Waals surface area contributed by atoms with Crippen molar-refractivity contribution in [2.24, 2.45) is 23.2 Å². The van der Waals surface area contributed by atoms with Crippen LogP contribution in [0, 0.1) is 33.3 Å². The van der Waals surface area contributed by atoms with Gasteiger partial charge in [-0.05, 0) is 81.3 Å². The van der Waals surface area contributed by atoms with Crippen LogP contribution in [-0.4, -0.2) is 49.1 Å². The molecule has 1 aromatic rings. The fraction of sp³-hybridized carbons (Fsp3) is 0.652. The van der Waals surface area contributed by atoms with E-state index < -0.39 is 26.5 Å². The SMILES string of the molecule is O=C(CNC(=O)C12CC3CC(CC(C3)C1)C2)NNc1ccc(S(=O)(=O)N2CCCC2)cc1[N+](=O)[O-]. The smallest absolute Gasteiger partial charge is 0.295 e. The molecule has 4 saturated carbocycles. The van der Waals surface area contributed by atoms with Gasteiger partial charge in [0.25, 0.3) is 11.6 Å². The number of hydrogen-bond acceptors (Lipinski definition) is 7. The number of amides is 2. The summed E-state index contributed by atoms with van der Waals surface area (Å²) in [6.07, 6.45) is 7.84. The van der Waals surface area contributed by atoms with E-state index in [0.717, 1.165) is 38.2 Å². The Morgan fingerprint density at radius 2 is 1.66 bits per heavy atom. The summed E-state index contributed by atoms with van der Waals surface area (Å²) in [5.74, 6) is 1.21. The third kappa shape index (κ3) is 4.61. The molecule has 0 aromatic heterocycles. The standard InChI is InChI=1S/C23H31N5O6S/c29-21(14-24-22(30)23-11-15-7-16(12-23)9-17(8-15)13-23)26-25-19-4-3-18(10-20(19)28(31)32)35(33,34)27-5-1-2-6-27/h3-4,10,15-17,25H,1-2,5-9,11-14H2,(H,24,30)(H,26,29). The number of carbonyl (C=O) groups excluding carboxylic acids is 2. The summed E-state index contributed by atoms with van der Waals surface area (Å²) in [5, 5.41) is 14.3. The van der Waals surface area contributed by atoms with E-state index in [4.69, 9.17) is 0 Å². The Labute approximate surface area is 204 Å². The number of nitrogens with one attached hydrogen (secondary N) is 3. The molecule has 1 saturated heterocycles. The molecule has 1 aromatic carbocycles. The van der Waals surface area contributed by atoms with Crippen LogP contribution < -0.4 is 16.2 Å². The predicted molar refractivity (Wildman–Crippen MR) is 126 cm³/mol. The van der Waals surface area contributed by atoms with Gasteiger partial charge in [0.2, 0.25) is 15.9 Å². The van der Waals surface area contributed by atoms with Crippen LogP contribution in [0.25, 0.3) is 0 Å². The van der Waals surface area contributed by atoms with Crippen LogP contribution >= 0.6 is 0 Å². The second kappa shape index (κ2) is 9.05. The average molecular weight is 506 g/mol. The molecule has 0 unspecified atom stereocenters. The lowest BCUT2D eigenvalue weighted by atomic mass is 9.49. The van der Waals surface area contributed by atoms with Crippen LogP contribution in [-0.2, 0) is 19.6 Å². The second-order valence-corrected chi connectivity index (χ2v) is 12.5. The molecule has 35 heavy (non-hydrogen) atoms. The number of nitro groups is 1. The van der Waals surface area contributed by atoms with Gasteiger partial charge in [-0.15, -0.1) is 0 Å². The molecule has 5 aliphatic rings. The van der Waals surface area contributed by atoms with Crippen molar-refractivity contribution in [2.45, 2.75) is 56.3 Å². The van der Waals surface area contributed by atoms with Crippen molar-refractivity contribution in [3.05, 3.63) is 28.3 Å². The lowest BCUT2D eigenvalue weighted by Gasteiger charge is -2.55. The van der Waals surface area contributed by atoms with Gasteiger partial charge < -0.3 is 5.32 Å². The number of nitrogens with zero attached hydrogens (tertiary/aromatic N) is 2. The van der Waals surface area contributed by atoms with Crippen molar-refractivity contribution >= 4 is 33.2 Å². The number of nitro benzene ring substituents is 1. The van der Waals surface area contributed by atoms with Gasteiger partial charge in [0.05, 0.1) is 16.4 Å². The van der Waals surface area contributed by atoms with Crippen molar-refractivity contribution in [2.75, 3.05) is 25.1 Å². The number of carbonyl (C=O) groups is 2. The fourth-order valence-electron chi connectivity index (χ4n) is 6.92. The van der Waals surface area contributed by atoms with Gasteiger partial charge in [-0.25, -0.2) is 8.42 Å². The lowest BCUT2D eigenvalue weighted by Crippen LogP contribution is -2.54. The molecule has 0 spiro atoms. The quantitative estimate of drug-likeness (QED) is 0.362. The highest BCUT2D eigenvalue weighted by Crippen LogP contribution is 2.60. The van der Waals surface area contributed by atoms with Gasteiger partial charge in [0, 0.05) is 24.6 Å². The molecular formula is C23H31N5O6S. The molecule has 6 rings (SSSR count). The summed E-state index contributed by atoms with van der Waals surface area (Å²) >= 11 is 0. The molecule has 1 heterocycles. The minimum atomic E-state index is -3.81. The zero-order valence-corrected chi connectivity index (χ0v) is 20.3. The molecular weight excluding hydrogens is 474 g/mol. The summed E-state index contributed by atoms with van der Waals surface area (Å²) in [6, 6.07) is 3.54. The summed E-state index contributed by atoms with van der Waals surface area (Å²) in [7, 11) is -3.81. The summed E-state index contributed by atoms with van der Waals surface area (Å²) < 4.78 is 26.8. The molecule has 1 aliphatic heterocycles. The zero-order valence-electron chi connectivity index (χ0n) is 19.5. The molecule has 3 N–H and O–H groups in total. The minimum Gasteiger partial charge on any atom is -0.346 e. The molecule has 4 bridgehead atoms. The number of rotatable bonds is 8. The Bertz CT molecular complexity index is 1110. The third-order valence-electron chi connectivity index (χ3n) is 8.13. The van der Waals surface area contributed by atoms with Gasteiger partial charge in [0.15, 0.2) is 0 Å². The Morgan fingerprint density at radius 3 is 2.23 bits per heavy atom. The van der Waals surface area contributed by atoms with Gasteiger partial charge in [0.1, 0.15) is 5.69 Å². The van der Waals surface area contributed by atoms with Crippen molar-refractivity contribution in [1.82, 2.24) is 15.0 Å². The lowest BCUT2D eigenvalue weighted by molar-refractivity contribution is -0.384. The van der Waals surface area contributed by atoms with Crippen LogP contribution in [0.15, 0.2) is 23.1 Å². The van der Waals surface area contributed by atoms with E-state index in [-0.39, 0.29) is 28.4 Å². The van der Waals surface area contributed by atoms with E-state index in [9.17, 15) is 28.1 Å². The topological polar surface area (TPSA) is 151 Å². The Hall–Kier alpha value is -2.73. The maximum Gasteiger partial charge on any atom is 0.295 e. The van der Waals surface area contributed by atoms with Gasteiger partial charge in [-0.1, -0.05) is 0 Å². The maximum atomic E-state index is 13.0. The fourth-order valence-corrected chi connectivity index (χ4v) is 8.46. The maximum absolute atomic E-state index is 13.0. The monoisotopic (exact) mass is 505 g/mol. The van der Waals surface area contributed by atoms with E-state index in [2.05, 4.69) is 16.2 Å². The number of benzene rings is 1. The molecule has 0 radical (unpaired) electrons. The largest absolute Gasteiger partial charge is 0.346 e.